The lowest BCUT2D eigenvalue weighted by molar-refractivity contribution is 0.474. The Balaban J connectivity index is 1.28. The van der Waals surface area contributed by atoms with Crippen molar-refractivity contribution >= 4 is 88.5 Å². The number of aliphatic imine (C=N–C) groups is 1. The van der Waals surface area contributed by atoms with Crippen LogP contribution < -0.4 is 0 Å². The van der Waals surface area contributed by atoms with E-state index in [1.807, 2.05) is 101 Å². The van der Waals surface area contributed by atoms with E-state index in [1.165, 1.54) is 37.6 Å². The molecule has 3 aliphatic rings. The van der Waals surface area contributed by atoms with Gasteiger partial charge in [0.1, 0.15) is 5.75 Å². The summed E-state index contributed by atoms with van der Waals surface area (Å²) in [5, 5.41) is 9.76. The van der Waals surface area contributed by atoms with Gasteiger partial charge in [-0.05, 0) is 19.1 Å². The number of thioether (sulfide) groups is 7. The SMILES string of the molecule is CC1=C(SCCN=Cc2ccccc2O)SC(=C2SC3=C(SCCS3)S2)S1. The molecule has 0 amide bonds. The predicted molar refractivity (Wildman–Crippen MR) is 135 cm³/mol. The molecule has 4 rings (SSSR count). The van der Waals surface area contributed by atoms with Crippen LogP contribution in [0.3, 0.4) is 0 Å². The summed E-state index contributed by atoms with van der Waals surface area (Å²) in [6, 6.07) is 7.30. The van der Waals surface area contributed by atoms with Gasteiger partial charge in [-0.25, -0.2) is 0 Å². The second-order valence-electron chi connectivity index (χ2n) is 5.54. The molecule has 1 N–H and O–H groups in total. The Labute approximate surface area is 189 Å². The average molecular weight is 488 g/mol. The molecule has 0 bridgehead atoms. The molecule has 3 aliphatic heterocycles. The number of allylic oxidation sites excluding steroid dienone is 1. The largest absolute Gasteiger partial charge is 0.507 e. The van der Waals surface area contributed by atoms with Crippen LogP contribution >= 0.6 is 82.3 Å². The molecule has 9 heteroatoms. The maximum atomic E-state index is 9.76. The Morgan fingerprint density at radius 3 is 2.44 bits per heavy atom. The lowest BCUT2D eigenvalue weighted by Crippen LogP contribution is -1.88. The molecule has 3 heterocycles. The Hall–Kier alpha value is 0.360. The van der Waals surface area contributed by atoms with Crippen LogP contribution in [0.1, 0.15) is 12.5 Å². The lowest BCUT2D eigenvalue weighted by atomic mass is 10.2. The highest BCUT2D eigenvalue weighted by Crippen LogP contribution is 2.65. The number of rotatable bonds is 5. The van der Waals surface area contributed by atoms with Gasteiger partial charge < -0.3 is 5.11 Å². The third-order valence-corrected chi connectivity index (χ3v) is 14.0. The molecule has 27 heavy (non-hydrogen) atoms. The second-order valence-corrected chi connectivity index (χ2v) is 14.4. The fourth-order valence-electron chi connectivity index (χ4n) is 2.32. The first-order chi connectivity index (χ1) is 13.2. The molecule has 0 aromatic heterocycles. The summed E-state index contributed by atoms with van der Waals surface area (Å²) in [7, 11) is 0. The van der Waals surface area contributed by atoms with E-state index in [0.29, 0.717) is 0 Å². The number of hydrogen-bond acceptors (Lipinski definition) is 9. The van der Waals surface area contributed by atoms with Gasteiger partial charge in [0, 0.05) is 40.5 Å². The Morgan fingerprint density at radius 2 is 1.70 bits per heavy atom. The number of hydrogen-bond donors (Lipinski definition) is 1. The van der Waals surface area contributed by atoms with E-state index in [4.69, 9.17) is 0 Å². The van der Waals surface area contributed by atoms with Crippen LogP contribution in [0.5, 0.6) is 5.75 Å². The quantitative estimate of drug-likeness (QED) is 0.339. The summed E-state index contributed by atoms with van der Waals surface area (Å²) in [5.74, 6) is 3.71. The van der Waals surface area contributed by atoms with E-state index < -0.39 is 0 Å². The molecule has 0 spiro atoms. The Bertz CT molecular complexity index is 839. The molecule has 0 atom stereocenters. The van der Waals surface area contributed by atoms with Gasteiger partial charge in [0.15, 0.2) is 0 Å². The van der Waals surface area contributed by atoms with Crippen molar-refractivity contribution in [3.05, 3.63) is 55.9 Å². The summed E-state index contributed by atoms with van der Waals surface area (Å²) in [5.41, 5.74) is 0.776. The van der Waals surface area contributed by atoms with Crippen LogP contribution in [0.4, 0.5) is 0 Å². The van der Waals surface area contributed by atoms with Gasteiger partial charge in [-0.3, -0.25) is 4.99 Å². The van der Waals surface area contributed by atoms with Crippen molar-refractivity contribution in [3.8, 4) is 5.75 Å². The van der Waals surface area contributed by atoms with Crippen LogP contribution in [0.15, 0.2) is 55.3 Å². The summed E-state index contributed by atoms with van der Waals surface area (Å²) in [6.07, 6.45) is 1.76. The maximum Gasteiger partial charge on any atom is 0.124 e. The van der Waals surface area contributed by atoms with Gasteiger partial charge in [0.2, 0.25) is 0 Å². The number of phenolic OH excluding ortho intramolecular Hbond substituents is 1. The molecule has 0 fully saturated rings. The fraction of sp³-hybridized carbons (Fsp3) is 0.278. The number of nitrogens with zero attached hydrogens (tertiary/aromatic N) is 1. The zero-order chi connectivity index (χ0) is 18.6. The van der Waals surface area contributed by atoms with Crippen LogP contribution in [-0.2, 0) is 0 Å². The molecular formula is C18H17NOS7. The van der Waals surface area contributed by atoms with Crippen molar-refractivity contribution < 1.29 is 5.11 Å². The number of phenols is 1. The number of benzene rings is 1. The lowest BCUT2D eigenvalue weighted by Gasteiger charge is -2.08. The summed E-state index contributed by atoms with van der Waals surface area (Å²) in [6.45, 7) is 2.97. The van der Waals surface area contributed by atoms with Gasteiger partial charge in [-0.2, -0.15) is 0 Å². The number of aromatic hydroxyl groups is 1. The van der Waals surface area contributed by atoms with Crippen LogP contribution in [0.2, 0.25) is 0 Å². The molecule has 1 aromatic carbocycles. The third-order valence-electron chi connectivity index (χ3n) is 3.59. The van der Waals surface area contributed by atoms with Gasteiger partial charge >= 0.3 is 0 Å². The topological polar surface area (TPSA) is 32.6 Å². The van der Waals surface area contributed by atoms with Gasteiger partial charge in [0.25, 0.3) is 0 Å². The van der Waals surface area contributed by atoms with Gasteiger partial charge in [-0.15, -0.1) is 35.3 Å². The van der Waals surface area contributed by atoms with Crippen molar-refractivity contribution in [2.24, 2.45) is 4.99 Å². The first-order valence-corrected chi connectivity index (χ1v) is 14.5. The first kappa shape index (κ1) is 20.6. The van der Waals surface area contributed by atoms with Crippen molar-refractivity contribution in [2.75, 3.05) is 23.8 Å². The molecule has 0 saturated carbocycles. The summed E-state index contributed by atoms with van der Waals surface area (Å²) in [4.78, 5) is 5.86. The molecule has 0 radical (unpaired) electrons. The highest BCUT2D eigenvalue weighted by atomic mass is 32.3. The summed E-state index contributed by atoms with van der Waals surface area (Å²) >= 11 is 13.7. The second kappa shape index (κ2) is 9.91. The molecule has 0 aliphatic carbocycles. The van der Waals surface area contributed by atoms with Crippen LogP contribution in [-0.4, -0.2) is 35.1 Å². The standard InChI is InChI=1S/C18H17NOS7/c1-11-14(21-7-6-19-10-12-4-2-3-5-13(12)20)25-17(24-11)18-26-15-16(27-18)23-9-8-22-15/h2-5,10,20H,6-9H2,1H3. The molecule has 0 saturated heterocycles. The predicted octanol–water partition coefficient (Wildman–Crippen LogP) is 7.43. The molecular weight excluding hydrogens is 471 g/mol. The minimum atomic E-state index is 0.283. The zero-order valence-corrected chi connectivity index (χ0v) is 20.2. The molecule has 1 aromatic rings. The van der Waals surface area contributed by atoms with Gasteiger partial charge in [0.05, 0.1) is 21.2 Å². The average Bonchev–Trinajstić information content (AvgIpc) is 3.26. The maximum absolute atomic E-state index is 9.76. The van der Waals surface area contributed by atoms with Crippen LogP contribution in [0, 0.1) is 0 Å². The van der Waals surface area contributed by atoms with E-state index in [0.717, 1.165) is 17.9 Å². The minimum Gasteiger partial charge on any atom is -0.507 e. The normalized spacial score (nSPS) is 20.3. The summed E-state index contributed by atoms with van der Waals surface area (Å²) < 4.78 is 7.34. The molecule has 0 unspecified atom stereocenters. The fourth-order valence-corrected chi connectivity index (χ4v) is 12.6. The molecule has 142 valence electrons. The van der Waals surface area contributed by atoms with Gasteiger partial charge in [-0.1, -0.05) is 59.2 Å². The smallest absolute Gasteiger partial charge is 0.124 e. The number of para-hydroxylation sites is 1. The van der Waals surface area contributed by atoms with Crippen molar-refractivity contribution in [1.29, 1.82) is 0 Å². The van der Waals surface area contributed by atoms with E-state index in [2.05, 4.69) is 11.9 Å². The third kappa shape index (κ3) is 5.29. The highest BCUT2D eigenvalue weighted by Gasteiger charge is 2.30. The van der Waals surface area contributed by atoms with Crippen molar-refractivity contribution in [2.45, 2.75) is 6.92 Å². The minimum absolute atomic E-state index is 0.283. The van der Waals surface area contributed by atoms with Crippen LogP contribution in [0.25, 0.3) is 0 Å². The van der Waals surface area contributed by atoms with E-state index in [-0.39, 0.29) is 5.75 Å². The molecule has 2 nitrogen and oxygen atoms in total. The zero-order valence-electron chi connectivity index (χ0n) is 14.5. The monoisotopic (exact) mass is 487 g/mol. The van der Waals surface area contributed by atoms with E-state index >= 15 is 0 Å². The van der Waals surface area contributed by atoms with E-state index in [1.54, 1.807) is 12.3 Å². The van der Waals surface area contributed by atoms with Crippen molar-refractivity contribution in [3.63, 3.8) is 0 Å². The highest BCUT2D eigenvalue weighted by molar-refractivity contribution is 8.43. The van der Waals surface area contributed by atoms with E-state index in [9.17, 15) is 5.11 Å². The van der Waals surface area contributed by atoms with Crippen molar-refractivity contribution in [1.82, 2.24) is 0 Å². The first-order valence-electron chi connectivity index (χ1n) is 8.28. The Kier molecular flexibility index (Phi) is 7.57. The Morgan fingerprint density at radius 1 is 1.00 bits per heavy atom.